The molecule has 4 rings (SSSR count). The fourth-order valence-corrected chi connectivity index (χ4v) is 3.03. The summed E-state index contributed by atoms with van der Waals surface area (Å²) in [6, 6.07) is 3.33. The summed E-state index contributed by atoms with van der Waals surface area (Å²) in [5.41, 5.74) is 1.10. The summed E-state index contributed by atoms with van der Waals surface area (Å²) < 4.78 is 2.79. The molecule has 3 amide bonds. The van der Waals surface area contributed by atoms with E-state index in [1.54, 1.807) is 44.4 Å². The Balaban J connectivity index is 1.66. The summed E-state index contributed by atoms with van der Waals surface area (Å²) in [6.07, 6.45) is 3.99. The van der Waals surface area contributed by atoms with Crippen LogP contribution in [0.5, 0.6) is 0 Å². The number of aryl methyl sites for hydroxylation is 1. The Hall–Kier alpha value is -3.76. The minimum atomic E-state index is -0.495. The van der Waals surface area contributed by atoms with Crippen LogP contribution in [0.3, 0.4) is 0 Å². The first-order valence-corrected chi connectivity index (χ1v) is 9.06. The predicted octanol–water partition coefficient (Wildman–Crippen LogP) is 0.263. The number of fused-ring (bicyclic) bond motifs is 1. The SMILES string of the molecule is CN(C)C(=O)c1nc2c(NC(=O)c3c(C(=O)N4CCC4)cnn3C)cccn2n1. The Morgan fingerprint density at radius 2 is 1.97 bits per heavy atom. The zero-order valence-corrected chi connectivity index (χ0v) is 16.3. The third-order valence-electron chi connectivity index (χ3n) is 4.74. The van der Waals surface area contributed by atoms with Crippen LogP contribution >= 0.6 is 0 Å². The van der Waals surface area contributed by atoms with Crippen LogP contribution in [0.2, 0.25) is 0 Å². The Labute approximate surface area is 165 Å². The van der Waals surface area contributed by atoms with Gasteiger partial charge in [-0.25, -0.2) is 9.50 Å². The van der Waals surface area contributed by atoms with Gasteiger partial charge in [-0.05, 0) is 18.6 Å². The molecule has 1 fully saturated rings. The third-order valence-corrected chi connectivity index (χ3v) is 4.74. The summed E-state index contributed by atoms with van der Waals surface area (Å²) in [4.78, 5) is 45.0. The largest absolute Gasteiger partial charge is 0.342 e. The molecule has 1 N–H and O–H groups in total. The standard InChI is InChI=1S/C18H20N8O3/c1-23(2)18(29)14-21-15-12(6-4-9-26(15)22-14)20-16(27)13-11(10-19-24(13)3)17(28)25-7-5-8-25/h4,6,9-10H,5,7-8H2,1-3H3,(H,20,27). The molecule has 0 atom stereocenters. The monoisotopic (exact) mass is 396 g/mol. The molecule has 0 radical (unpaired) electrons. The van der Waals surface area contributed by atoms with Gasteiger partial charge in [0.05, 0.1) is 17.4 Å². The summed E-state index contributed by atoms with van der Waals surface area (Å²) in [5.74, 6) is -1.04. The molecular formula is C18H20N8O3. The van der Waals surface area contributed by atoms with Crippen LogP contribution in [0.15, 0.2) is 24.5 Å². The molecule has 1 saturated heterocycles. The number of nitrogens with one attached hydrogen (secondary N) is 1. The molecule has 0 bridgehead atoms. The van der Waals surface area contributed by atoms with E-state index in [1.807, 2.05) is 0 Å². The summed E-state index contributed by atoms with van der Waals surface area (Å²) >= 11 is 0. The van der Waals surface area contributed by atoms with Gasteiger partial charge in [-0.1, -0.05) is 0 Å². The van der Waals surface area contributed by atoms with Crippen molar-refractivity contribution < 1.29 is 14.4 Å². The van der Waals surface area contributed by atoms with Crippen molar-refractivity contribution in [2.45, 2.75) is 6.42 Å². The van der Waals surface area contributed by atoms with Gasteiger partial charge in [0.1, 0.15) is 5.69 Å². The van der Waals surface area contributed by atoms with E-state index < -0.39 is 5.91 Å². The highest BCUT2D eigenvalue weighted by Gasteiger charge is 2.29. The number of amides is 3. The lowest BCUT2D eigenvalue weighted by molar-refractivity contribution is 0.0648. The molecule has 29 heavy (non-hydrogen) atoms. The number of likely N-dealkylation sites (tertiary alicyclic amines) is 1. The average Bonchev–Trinajstić information content (AvgIpc) is 3.23. The van der Waals surface area contributed by atoms with Crippen molar-refractivity contribution in [1.29, 1.82) is 0 Å². The first-order chi connectivity index (χ1) is 13.9. The lowest BCUT2D eigenvalue weighted by atomic mass is 10.1. The predicted molar refractivity (Wildman–Crippen MR) is 103 cm³/mol. The molecular weight excluding hydrogens is 376 g/mol. The average molecular weight is 396 g/mol. The van der Waals surface area contributed by atoms with Crippen molar-refractivity contribution in [3.63, 3.8) is 0 Å². The Morgan fingerprint density at radius 1 is 1.21 bits per heavy atom. The highest BCUT2D eigenvalue weighted by molar-refractivity contribution is 6.12. The molecule has 0 unspecified atom stereocenters. The van der Waals surface area contributed by atoms with Gasteiger partial charge in [-0.3, -0.25) is 19.1 Å². The van der Waals surface area contributed by atoms with Crippen LogP contribution in [0.4, 0.5) is 5.69 Å². The van der Waals surface area contributed by atoms with Gasteiger partial charge < -0.3 is 15.1 Å². The molecule has 1 aliphatic heterocycles. The van der Waals surface area contributed by atoms with Gasteiger partial charge in [0.2, 0.25) is 5.82 Å². The zero-order valence-electron chi connectivity index (χ0n) is 16.3. The molecule has 3 aromatic rings. The first-order valence-electron chi connectivity index (χ1n) is 9.06. The Bertz CT molecular complexity index is 1130. The van der Waals surface area contributed by atoms with Crippen molar-refractivity contribution in [2.75, 3.05) is 32.5 Å². The number of pyridine rings is 1. The zero-order chi connectivity index (χ0) is 20.7. The molecule has 1 aliphatic rings. The third kappa shape index (κ3) is 3.20. The van der Waals surface area contributed by atoms with Gasteiger partial charge in [-0.15, -0.1) is 5.10 Å². The number of carbonyl (C=O) groups excluding carboxylic acids is 3. The molecule has 0 aromatic carbocycles. The first kappa shape index (κ1) is 18.6. The van der Waals surface area contributed by atoms with E-state index in [0.717, 1.165) is 6.42 Å². The van der Waals surface area contributed by atoms with Crippen molar-refractivity contribution in [3.05, 3.63) is 41.6 Å². The molecule has 11 nitrogen and oxygen atoms in total. The second-order valence-electron chi connectivity index (χ2n) is 6.96. The van der Waals surface area contributed by atoms with Gasteiger partial charge in [0.25, 0.3) is 17.7 Å². The van der Waals surface area contributed by atoms with E-state index in [4.69, 9.17) is 0 Å². The molecule has 11 heteroatoms. The van der Waals surface area contributed by atoms with Gasteiger partial charge in [0.15, 0.2) is 5.65 Å². The second-order valence-corrected chi connectivity index (χ2v) is 6.96. The number of hydrogen-bond donors (Lipinski definition) is 1. The minimum absolute atomic E-state index is 0.0193. The Morgan fingerprint density at radius 3 is 2.62 bits per heavy atom. The number of aromatic nitrogens is 5. The van der Waals surface area contributed by atoms with E-state index >= 15 is 0 Å². The topological polar surface area (TPSA) is 118 Å². The lowest BCUT2D eigenvalue weighted by Gasteiger charge is -2.30. The van der Waals surface area contributed by atoms with Crippen molar-refractivity contribution in [1.82, 2.24) is 34.2 Å². The van der Waals surface area contributed by atoms with Crippen molar-refractivity contribution in [3.8, 4) is 0 Å². The second kappa shape index (κ2) is 7.00. The number of nitrogens with zero attached hydrogens (tertiary/aromatic N) is 7. The van der Waals surface area contributed by atoms with Crippen LogP contribution in [-0.4, -0.2) is 79.1 Å². The smallest absolute Gasteiger partial charge is 0.293 e. The molecule has 0 saturated carbocycles. The fraction of sp³-hybridized carbons (Fsp3) is 0.333. The molecule has 4 heterocycles. The van der Waals surface area contributed by atoms with Gasteiger partial charge in [-0.2, -0.15) is 5.10 Å². The van der Waals surface area contributed by atoms with Crippen LogP contribution in [0, 0.1) is 0 Å². The van der Waals surface area contributed by atoms with Crippen LogP contribution < -0.4 is 5.32 Å². The quantitative estimate of drug-likeness (QED) is 0.676. The van der Waals surface area contributed by atoms with E-state index in [0.29, 0.717) is 24.4 Å². The van der Waals surface area contributed by atoms with Crippen LogP contribution in [0.1, 0.15) is 37.9 Å². The lowest BCUT2D eigenvalue weighted by Crippen LogP contribution is -2.42. The number of rotatable bonds is 4. The van der Waals surface area contributed by atoms with Gasteiger partial charge >= 0.3 is 0 Å². The number of anilines is 1. The number of hydrogen-bond acceptors (Lipinski definition) is 6. The van der Waals surface area contributed by atoms with Crippen LogP contribution in [0.25, 0.3) is 5.65 Å². The number of carbonyl (C=O) groups is 3. The maximum atomic E-state index is 13.0. The molecule has 0 aliphatic carbocycles. The summed E-state index contributed by atoms with van der Waals surface area (Å²) in [7, 11) is 4.82. The van der Waals surface area contributed by atoms with Gasteiger partial charge in [0, 0.05) is 40.4 Å². The van der Waals surface area contributed by atoms with E-state index in [-0.39, 0.29) is 28.9 Å². The molecule has 150 valence electrons. The van der Waals surface area contributed by atoms with E-state index in [9.17, 15) is 14.4 Å². The van der Waals surface area contributed by atoms with Crippen molar-refractivity contribution in [2.24, 2.45) is 7.05 Å². The highest BCUT2D eigenvalue weighted by Crippen LogP contribution is 2.20. The van der Waals surface area contributed by atoms with Crippen molar-refractivity contribution >= 4 is 29.1 Å². The highest BCUT2D eigenvalue weighted by atomic mass is 16.2. The van der Waals surface area contributed by atoms with E-state index in [1.165, 1.54) is 20.3 Å². The summed E-state index contributed by atoms with van der Waals surface area (Å²) in [6.45, 7) is 1.35. The normalized spacial score (nSPS) is 13.3. The van der Waals surface area contributed by atoms with Crippen LogP contribution in [-0.2, 0) is 7.05 Å². The maximum Gasteiger partial charge on any atom is 0.293 e. The van der Waals surface area contributed by atoms with E-state index in [2.05, 4.69) is 20.5 Å². The maximum absolute atomic E-state index is 13.0. The minimum Gasteiger partial charge on any atom is -0.342 e. The molecule has 3 aromatic heterocycles. The molecule has 0 spiro atoms. The summed E-state index contributed by atoms with van der Waals surface area (Å²) in [5, 5.41) is 11.0. The Kier molecular flexibility index (Phi) is 4.49. The fourth-order valence-electron chi connectivity index (χ4n) is 3.03.